The van der Waals surface area contributed by atoms with Gasteiger partial charge in [-0.3, -0.25) is 9.69 Å². The normalized spacial score (nSPS) is 29.9. The first kappa shape index (κ1) is 21.9. The Kier molecular flexibility index (Phi) is 7.50. The number of carbonyl (C=O) groups is 2. The van der Waals surface area contributed by atoms with Gasteiger partial charge in [-0.05, 0) is 51.0 Å². The minimum atomic E-state index is -5.08. The van der Waals surface area contributed by atoms with E-state index in [-0.39, 0.29) is 11.4 Å². The number of hydrogen-bond donors (Lipinski definition) is 2. The molecule has 3 aliphatic heterocycles. The highest BCUT2D eigenvalue weighted by Crippen LogP contribution is 2.37. The molecule has 27 heavy (non-hydrogen) atoms. The van der Waals surface area contributed by atoms with E-state index in [1.807, 2.05) is 0 Å². The van der Waals surface area contributed by atoms with Crippen LogP contribution in [0.4, 0.5) is 13.2 Å². The summed E-state index contributed by atoms with van der Waals surface area (Å²) in [6.07, 6.45) is 2.61. The van der Waals surface area contributed by atoms with Crippen LogP contribution in [0, 0.1) is 5.92 Å². The van der Waals surface area contributed by atoms with Gasteiger partial charge in [-0.1, -0.05) is 6.92 Å². The third kappa shape index (κ3) is 5.81. The predicted molar refractivity (Wildman–Crippen MR) is 92.2 cm³/mol. The Morgan fingerprint density at radius 1 is 1.33 bits per heavy atom. The zero-order valence-corrected chi connectivity index (χ0v) is 15.7. The lowest BCUT2D eigenvalue weighted by atomic mass is 9.78. The van der Waals surface area contributed by atoms with Crippen molar-refractivity contribution in [2.45, 2.75) is 69.6 Å². The first-order chi connectivity index (χ1) is 12.7. The lowest BCUT2D eigenvalue weighted by molar-refractivity contribution is -0.192. The van der Waals surface area contributed by atoms with Crippen LogP contribution in [-0.2, 0) is 14.3 Å². The number of aliphatic carboxylic acids is 1. The summed E-state index contributed by atoms with van der Waals surface area (Å²) in [5.41, 5.74) is 0.0786. The lowest BCUT2D eigenvalue weighted by Gasteiger charge is -2.49. The molecule has 3 fully saturated rings. The molecule has 0 aromatic heterocycles. The first-order valence-electron chi connectivity index (χ1n) is 9.61. The van der Waals surface area contributed by atoms with Crippen molar-refractivity contribution in [1.29, 1.82) is 0 Å². The fraction of sp³-hybridized carbons (Fsp3) is 0.889. The van der Waals surface area contributed by atoms with Crippen LogP contribution in [0.25, 0.3) is 0 Å². The highest BCUT2D eigenvalue weighted by molar-refractivity contribution is 5.79. The molecule has 3 saturated heterocycles. The van der Waals surface area contributed by atoms with Crippen molar-refractivity contribution in [3.63, 3.8) is 0 Å². The highest BCUT2D eigenvalue weighted by atomic mass is 19.4. The van der Waals surface area contributed by atoms with Gasteiger partial charge in [0.15, 0.2) is 0 Å². The van der Waals surface area contributed by atoms with E-state index in [0.29, 0.717) is 6.04 Å². The average Bonchev–Trinajstić information content (AvgIpc) is 2.97. The average molecular weight is 394 g/mol. The van der Waals surface area contributed by atoms with Crippen LogP contribution in [0.5, 0.6) is 0 Å². The van der Waals surface area contributed by atoms with Crippen molar-refractivity contribution in [3.8, 4) is 0 Å². The molecule has 3 rings (SSSR count). The molecule has 0 saturated carbocycles. The number of alkyl halides is 3. The van der Waals surface area contributed by atoms with Gasteiger partial charge in [0.1, 0.15) is 0 Å². The number of carboxylic acid groups (broad SMARTS) is 1. The molecule has 2 atom stereocenters. The van der Waals surface area contributed by atoms with E-state index in [2.05, 4.69) is 17.1 Å². The molecule has 0 radical (unpaired) electrons. The summed E-state index contributed by atoms with van der Waals surface area (Å²) < 4.78 is 37.2. The Labute approximate surface area is 157 Å². The molecule has 0 unspecified atom stereocenters. The zero-order chi connectivity index (χ0) is 20.1. The van der Waals surface area contributed by atoms with Gasteiger partial charge in [-0.2, -0.15) is 13.2 Å². The van der Waals surface area contributed by atoms with Crippen molar-refractivity contribution in [1.82, 2.24) is 10.2 Å². The monoisotopic (exact) mass is 394 g/mol. The van der Waals surface area contributed by atoms with Crippen molar-refractivity contribution in [3.05, 3.63) is 0 Å². The second-order valence-corrected chi connectivity index (χ2v) is 7.59. The Bertz CT molecular complexity index is 523. The number of hydrogen-bond acceptors (Lipinski definition) is 4. The molecule has 1 spiro atoms. The molecule has 9 heteroatoms. The van der Waals surface area contributed by atoms with E-state index in [1.54, 1.807) is 0 Å². The smallest absolute Gasteiger partial charge is 0.475 e. The molecule has 0 aromatic carbocycles. The van der Waals surface area contributed by atoms with E-state index in [4.69, 9.17) is 14.6 Å². The van der Waals surface area contributed by atoms with Gasteiger partial charge < -0.3 is 15.2 Å². The summed E-state index contributed by atoms with van der Waals surface area (Å²) in [5.74, 6) is -1.71. The molecule has 6 nitrogen and oxygen atoms in total. The Morgan fingerprint density at radius 3 is 2.44 bits per heavy atom. The van der Waals surface area contributed by atoms with Crippen molar-refractivity contribution < 1.29 is 32.6 Å². The summed E-state index contributed by atoms with van der Waals surface area (Å²) in [7, 11) is 0. The number of likely N-dealkylation sites (tertiary alicyclic amines) is 1. The van der Waals surface area contributed by atoms with Gasteiger partial charge in [0.05, 0.1) is 5.54 Å². The third-order valence-corrected chi connectivity index (χ3v) is 5.80. The maximum atomic E-state index is 11.7. The summed E-state index contributed by atoms with van der Waals surface area (Å²) in [6, 6.07) is 0.533. The fourth-order valence-corrected chi connectivity index (χ4v) is 4.57. The van der Waals surface area contributed by atoms with Gasteiger partial charge in [0.25, 0.3) is 0 Å². The molecule has 0 aromatic rings. The maximum Gasteiger partial charge on any atom is 0.490 e. The van der Waals surface area contributed by atoms with Gasteiger partial charge in [-0.15, -0.1) is 0 Å². The summed E-state index contributed by atoms with van der Waals surface area (Å²) >= 11 is 0. The first-order valence-corrected chi connectivity index (χ1v) is 9.61. The summed E-state index contributed by atoms with van der Waals surface area (Å²) in [4.78, 5) is 23.3. The largest absolute Gasteiger partial charge is 0.490 e. The second kappa shape index (κ2) is 9.23. The molecule has 3 heterocycles. The molecule has 0 aliphatic carbocycles. The van der Waals surface area contributed by atoms with E-state index in [1.165, 1.54) is 38.8 Å². The number of nitrogens with zero attached hydrogens (tertiary/aromatic N) is 1. The van der Waals surface area contributed by atoms with E-state index >= 15 is 0 Å². The van der Waals surface area contributed by atoms with Crippen LogP contribution < -0.4 is 5.32 Å². The van der Waals surface area contributed by atoms with Gasteiger partial charge in [0, 0.05) is 32.2 Å². The van der Waals surface area contributed by atoms with Gasteiger partial charge in [0.2, 0.25) is 5.91 Å². The number of halogens is 3. The zero-order valence-electron chi connectivity index (χ0n) is 15.7. The molecule has 1 amide bonds. The van der Waals surface area contributed by atoms with Crippen LogP contribution in [0.2, 0.25) is 0 Å². The Hall–Kier alpha value is -1.35. The number of amides is 1. The predicted octanol–water partition coefficient (Wildman–Crippen LogP) is 2.57. The van der Waals surface area contributed by atoms with Gasteiger partial charge in [-0.25, -0.2) is 4.79 Å². The standard InChI is InChI=1S/C16H28N2O2.C2HF3O2/c1-2-14-16(8-4-15(19)17-16)7-3-9-18(14)12-13-5-10-20-11-6-13;3-2(4,5)1(6)7/h13-14H,2-12H2,1H3,(H,17,19);(H,6,7)/t14-,16+;/m1./s1. The molecule has 156 valence electrons. The Balaban J connectivity index is 0.000000321. The molecule has 2 N–H and O–H groups in total. The number of carboxylic acids is 1. The van der Waals surface area contributed by atoms with E-state index in [9.17, 15) is 18.0 Å². The molecule has 0 bridgehead atoms. The van der Waals surface area contributed by atoms with Crippen LogP contribution >= 0.6 is 0 Å². The SMILES string of the molecule is CC[C@H]1N(CC2CCOCC2)CCC[C@]12CCC(=O)N2.O=C(O)C(F)(F)F. The highest BCUT2D eigenvalue weighted by Gasteiger charge is 2.48. The quantitative estimate of drug-likeness (QED) is 0.769. The van der Waals surface area contributed by atoms with E-state index in [0.717, 1.165) is 38.4 Å². The lowest BCUT2D eigenvalue weighted by Crippen LogP contribution is -2.62. The van der Waals surface area contributed by atoms with Crippen LogP contribution in [0.3, 0.4) is 0 Å². The number of ether oxygens (including phenoxy) is 1. The third-order valence-electron chi connectivity index (χ3n) is 5.80. The molecular weight excluding hydrogens is 365 g/mol. The van der Waals surface area contributed by atoms with E-state index < -0.39 is 12.1 Å². The van der Waals surface area contributed by atoms with Crippen molar-refractivity contribution in [2.24, 2.45) is 5.92 Å². The van der Waals surface area contributed by atoms with Gasteiger partial charge >= 0.3 is 12.1 Å². The fourth-order valence-electron chi connectivity index (χ4n) is 4.57. The minimum Gasteiger partial charge on any atom is -0.475 e. The van der Waals surface area contributed by atoms with Crippen molar-refractivity contribution >= 4 is 11.9 Å². The summed E-state index contributed by atoms with van der Waals surface area (Å²) in [5, 5.41) is 10.5. The summed E-state index contributed by atoms with van der Waals surface area (Å²) in [6.45, 7) is 6.53. The van der Waals surface area contributed by atoms with Crippen LogP contribution in [-0.4, -0.2) is 65.9 Å². The number of piperidine rings is 1. The number of carbonyl (C=O) groups excluding carboxylic acids is 1. The minimum absolute atomic E-state index is 0.0786. The van der Waals surface area contributed by atoms with Crippen LogP contribution in [0.1, 0.15) is 51.9 Å². The number of nitrogens with one attached hydrogen (secondary N) is 1. The topological polar surface area (TPSA) is 78.9 Å². The van der Waals surface area contributed by atoms with Crippen molar-refractivity contribution in [2.75, 3.05) is 26.3 Å². The maximum absolute atomic E-state index is 11.7. The second-order valence-electron chi connectivity index (χ2n) is 7.59. The van der Waals surface area contributed by atoms with Crippen LogP contribution in [0.15, 0.2) is 0 Å². The molecule has 3 aliphatic rings. The Morgan fingerprint density at radius 2 is 1.96 bits per heavy atom. The number of rotatable bonds is 3. The molecular formula is C18H29F3N2O4.